The SMILES string of the molecule is O=[N+]([O-])c1ccsc1. The third-order valence-electron chi connectivity index (χ3n) is 0.717. The Kier molecular flexibility index (Phi) is 1.26. The Bertz CT molecular complexity index is 182. The minimum atomic E-state index is -0.406. The zero-order valence-electron chi connectivity index (χ0n) is 3.90. The molecule has 1 aromatic rings. The van der Waals surface area contributed by atoms with E-state index in [1.807, 2.05) is 0 Å². The fourth-order valence-corrected chi connectivity index (χ4v) is 0.962. The van der Waals surface area contributed by atoms with Crippen molar-refractivity contribution in [3.63, 3.8) is 0 Å². The molecule has 0 unspecified atom stereocenters. The predicted molar refractivity (Wildman–Crippen MR) is 31.0 cm³/mol. The van der Waals surface area contributed by atoms with Crippen molar-refractivity contribution in [2.24, 2.45) is 0 Å². The molecule has 8 heavy (non-hydrogen) atoms. The summed E-state index contributed by atoms with van der Waals surface area (Å²) in [5.74, 6) is 0. The van der Waals surface area contributed by atoms with Crippen LogP contribution in [0, 0.1) is 10.1 Å². The molecule has 0 aromatic carbocycles. The highest BCUT2D eigenvalue weighted by atomic mass is 32.1. The third kappa shape index (κ3) is 0.840. The van der Waals surface area contributed by atoms with Gasteiger partial charge in [0.05, 0.1) is 10.3 Å². The lowest BCUT2D eigenvalue weighted by Crippen LogP contribution is -1.81. The Morgan fingerprint density at radius 2 is 2.50 bits per heavy atom. The molecule has 0 bridgehead atoms. The lowest BCUT2D eigenvalue weighted by Gasteiger charge is -1.77. The summed E-state index contributed by atoms with van der Waals surface area (Å²) in [6.45, 7) is 0. The molecule has 42 valence electrons. The van der Waals surface area contributed by atoms with E-state index in [-0.39, 0.29) is 5.69 Å². The van der Waals surface area contributed by atoms with Crippen LogP contribution in [0.15, 0.2) is 16.8 Å². The van der Waals surface area contributed by atoms with Gasteiger partial charge in [-0.1, -0.05) is 0 Å². The number of thiophene rings is 1. The van der Waals surface area contributed by atoms with Gasteiger partial charge in [0.1, 0.15) is 0 Å². The van der Waals surface area contributed by atoms with Crippen molar-refractivity contribution in [1.82, 2.24) is 0 Å². The zero-order chi connectivity index (χ0) is 5.98. The van der Waals surface area contributed by atoms with Gasteiger partial charge in [-0.25, -0.2) is 0 Å². The van der Waals surface area contributed by atoms with Crippen LogP contribution in [-0.2, 0) is 0 Å². The van der Waals surface area contributed by atoms with Crippen LogP contribution in [-0.4, -0.2) is 4.92 Å². The Morgan fingerprint density at radius 1 is 1.75 bits per heavy atom. The summed E-state index contributed by atoms with van der Waals surface area (Å²) >= 11 is 1.33. The average molecular weight is 129 g/mol. The third-order valence-corrected chi connectivity index (χ3v) is 1.39. The molecular formula is C4H3NO2S. The summed E-state index contributed by atoms with van der Waals surface area (Å²) in [7, 11) is 0. The molecule has 0 radical (unpaired) electrons. The van der Waals surface area contributed by atoms with Crippen LogP contribution in [0.3, 0.4) is 0 Å². The largest absolute Gasteiger partial charge is 0.280 e. The number of hydrogen-bond donors (Lipinski definition) is 0. The van der Waals surface area contributed by atoms with E-state index in [0.717, 1.165) is 0 Å². The second kappa shape index (κ2) is 1.92. The Balaban J connectivity index is 2.93. The Morgan fingerprint density at radius 3 is 2.75 bits per heavy atom. The van der Waals surface area contributed by atoms with Crippen LogP contribution in [0.25, 0.3) is 0 Å². The molecule has 0 fully saturated rings. The second-order valence-corrected chi connectivity index (χ2v) is 2.02. The normalized spacial score (nSPS) is 9.00. The predicted octanol–water partition coefficient (Wildman–Crippen LogP) is 1.66. The van der Waals surface area contributed by atoms with E-state index in [1.165, 1.54) is 22.8 Å². The first kappa shape index (κ1) is 5.24. The monoisotopic (exact) mass is 129 g/mol. The summed E-state index contributed by atoms with van der Waals surface area (Å²) in [6, 6.07) is 1.48. The minimum absolute atomic E-state index is 0.176. The van der Waals surface area contributed by atoms with Crippen LogP contribution in [0.2, 0.25) is 0 Å². The fourth-order valence-electron chi connectivity index (χ4n) is 0.361. The van der Waals surface area contributed by atoms with Gasteiger partial charge < -0.3 is 0 Å². The highest BCUT2D eigenvalue weighted by Crippen LogP contribution is 2.13. The molecule has 1 rings (SSSR count). The maximum Gasteiger partial charge on any atom is 0.280 e. The van der Waals surface area contributed by atoms with Gasteiger partial charge in [0.25, 0.3) is 5.69 Å². The summed E-state index contributed by atoms with van der Waals surface area (Å²) in [5, 5.41) is 13.1. The molecule has 0 spiro atoms. The molecule has 0 atom stereocenters. The van der Waals surface area contributed by atoms with E-state index < -0.39 is 4.92 Å². The summed E-state index contributed by atoms with van der Waals surface area (Å²) in [6.07, 6.45) is 0. The maximum absolute atomic E-state index is 9.87. The summed E-state index contributed by atoms with van der Waals surface area (Å²) in [5.41, 5.74) is 0.176. The molecule has 1 aromatic heterocycles. The van der Waals surface area contributed by atoms with Crippen LogP contribution < -0.4 is 0 Å². The van der Waals surface area contributed by atoms with Crippen molar-refractivity contribution in [3.8, 4) is 0 Å². The first-order chi connectivity index (χ1) is 3.80. The van der Waals surface area contributed by atoms with Gasteiger partial charge in [-0.3, -0.25) is 10.1 Å². The molecule has 1 heterocycles. The van der Waals surface area contributed by atoms with Crippen molar-refractivity contribution in [1.29, 1.82) is 0 Å². The highest BCUT2D eigenvalue weighted by molar-refractivity contribution is 7.08. The maximum atomic E-state index is 9.87. The second-order valence-electron chi connectivity index (χ2n) is 1.24. The first-order valence-corrected chi connectivity index (χ1v) is 2.91. The van der Waals surface area contributed by atoms with Crippen LogP contribution in [0.5, 0.6) is 0 Å². The van der Waals surface area contributed by atoms with E-state index in [9.17, 15) is 10.1 Å². The summed E-state index contributed by atoms with van der Waals surface area (Å²) in [4.78, 5) is 9.47. The summed E-state index contributed by atoms with van der Waals surface area (Å²) < 4.78 is 0. The average Bonchev–Trinajstić information content (AvgIpc) is 2.12. The molecular weight excluding hydrogens is 126 g/mol. The minimum Gasteiger partial charge on any atom is -0.258 e. The van der Waals surface area contributed by atoms with E-state index in [2.05, 4.69) is 0 Å². The molecule has 3 nitrogen and oxygen atoms in total. The van der Waals surface area contributed by atoms with Gasteiger partial charge in [0.2, 0.25) is 0 Å². The van der Waals surface area contributed by atoms with Gasteiger partial charge in [-0.15, -0.1) is 11.3 Å². The van der Waals surface area contributed by atoms with Gasteiger partial charge in [-0.2, -0.15) is 0 Å². The molecule has 0 aliphatic carbocycles. The van der Waals surface area contributed by atoms with E-state index in [1.54, 1.807) is 5.38 Å². The van der Waals surface area contributed by atoms with Gasteiger partial charge in [0, 0.05) is 6.07 Å². The lowest BCUT2D eigenvalue weighted by molar-refractivity contribution is -0.384. The first-order valence-electron chi connectivity index (χ1n) is 1.97. The quantitative estimate of drug-likeness (QED) is 0.427. The topological polar surface area (TPSA) is 43.1 Å². The van der Waals surface area contributed by atoms with E-state index in [0.29, 0.717) is 0 Å². The van der Waals surface area contributed by atoms with Gasteiger partial charge in [0.15, 0.2) is 0 Å². The van der Waals surface area contributed by atoms with Crippen molar-refractivity contribution in [2.45, 2.75) is 0 Å². The van der Waals surface area contributed by atoms with Crippen molar-refractivity contribution < 1.29 is 4.92 Å². The number of rotatable bonds is 1. The van der Waals surface area contributed by atoms with E-state index in [4.69, 9.17) is 0 Å². The molecule has 0 aliphatic heterocycles. The molecule has 0 saturated carbocycles. The van der Waals surface area contributed by atoms with Crippen LogP contribution >= 0.6 is 11.3 Å². The van der Waals surface area contributed by atoms with Crippen molar-refractivity contribution in [3.05, 3.63) is 26.9 Å². The standard InChI is InChI=1S/C4H3NO2S/c6-5(7)4-1-2-8-3-4/h1-3H. The van der Waals surface area contributed by atoms with E-state index >= 15 is 0 Å². The highest BCUT2D eigenvalue weighted by Gasteiger charge is 2.00. The van der Waals surface area contributed by atoms with Gasteiger partial charge >= 0.3 is 0 Å². The number of hydrogen-bond acceptors (Lipinski definition) is 3. The molecule has 0 N–H and O–H groups in total. The Hall–Kier alpha value is -0.900. The van der Waals surface area contributed by atoms with Crippen LogP contribution in [0.4, 0.5) is 5.69 Å². The molecule has 0 saturated heterocycles. The lowest BCUT2D eigenvalue weighted by atomic mass is 10.6. The van der Waals surface area contributed by atoms with Gasteiger partial charge in [-0.05, 0) is 5.38 Å². The number of nitro groups is 1. The Labute approximate surface area is 49.7 Å². The molecule has 0 aliphatic rings. The number of nitrogens with zero attached hydrogens (tertiary/aromatic N) is 1. The zero-order valence-corrected chi connectivity index (χ0v) is 4.72. The fraction of sp³-hybridized carbons (Fsp3) is 0. The smallest absolute Gasteiger partial charge is 0.258 e. The van der Waals surface area contributed by atoms with Crippen molar-refractivity contribution in [2.75, 3.05) is 0 Å². The van der Waals surface area contributed by atoms with Crippen LogP contribution in [0.1, 0.15) is 0 Å². The van der Waals surface area contributed by atoms with Crippen molar-refractivity contribution >= 4 is 17.0 Å². The molecule has 4 heteroatoms. The molecule has 0 amide bonds.